The van der Waals surface area contributed by atoms with Crippen molar-refractivity contribution in [3.63, 3.8) is 0 Å². The zero-order chi connectivity index (χ0) is 29.0. The summed E-state index contributed by atoms with van der Waals surface area (Å²) in [7, 11) is 0. The number of anilines is 3. The molecule has 2 atom stereocenters. The van der Waals surface area contributed by atoms with Crippen LogP contribution in [0.2, 0.25) is 0 Å². The van der Waals surface area contributed by atoms with Crippen molar-refractivity contribution in [2.45, 2.75) is 87.5 Å². The van der Waals surface area contributed by atoms with Gasteiger partial charge in [0.25, 0.3) is 0 Å². The summed E-state index contributed by atoms with van der Waals surface area (Å²) in [5, 5.41) is 0. The van der Waals surface area contributed by atoms with Gasteiger partial charge in [-0.3, -0.25) is 4.98 Å². The number of pyridine rings is 1. The molecule has 4 aromatic rings. The molecule has 0 aliphatic heterocycles. The van der Waals surface area contributed by atoms with Gasteiger partial charge in [0.2, 0.25) is 0 Å². The molecule has 5 rings (SSSR count). The molecule has 208 valence electrons. The van der Waals surface area contributed by atoms with Crippen molar-refractivity contribution in [3.05, 3.63) is 108 Å². The minimum Gasteiger partial charge on any atom is -0.310 e. The van der Waals surface area contributed by atoms with Gasteiger partial charge < -0.3 is 4.90 Å². The van der Waals surface area contributed by atoms with E-state index in [-0.39, 0.29) is 5.41 Å². The Kier molecular flexibility index (Phi) is 12.5. The van der Waals surface area contributed by atoms with Crippen molar-refractivity contribution in [1.29, 1.82) is 0 Å². The Labute approximate surface area is 239 Å². The van der Waals surface area contributed by atoms with Crippen LogP contribution in [0.4, 0.5) is 17.1 Å². The third-order valence-corrected chi connectivity index (χ3v) is 7.31. The standard InChI is InChI=1S/C31H32N2.3C2H6/c1-5-24-21-31(24,4)29-18-17-27(20-28(29)30-8-6-7-19-32-30)33(25-13-9-22(2)10-14-25)26-15-11-23(3)12-16-26;3*1-2/h6-20,24H,5,21H2,1-4H3;3*1-2H3. The Hall–Kier alpha value is -3.39. The molecular weight excluding hydrogens is 472 g/mol. The van der Waals surface area contributed by atoms with E-state index in [0.29, 0.717) is 0 Å². The molecule has 39 heavy (non-hydrogen) atoms. The molecule has 1 aromatic heterocycles. The van der Waals surface area contributed by atoms with Crippen LogP contribution in [0.25, 0.3) is 11.3 Å². The van der Waals surface area contributed by atoms with Crippen LogP contribution in [0.3, 0.4) is 0 Å². The third kappa shape index (κ3) is 7.38. The van der Waals surface area contributed by atoms with Crippen LogP contribution >= 0.6 is 0 Å². The SMILES string of the molecule is CC.CC.CC.CCC1CC1(C)c1ccc(N(c2ccc(C)cc2)c2ccc(C)cc2)cc1-c1ccccn1. The lowest BCUT2D eigenvalue weighted by Crippen LogP contribution is -2.12. The van der Waals surface area contributed by atoms with Gasteiger partial charge in [0.15, 0.2) is 0 Å². The van der Waals surface area contributed by atoms with E-state index in [9.17, 15) is 0 Å². The van der Waals surface area contributed by atoms with Crippen molar-refractivity contribution in [3.8, 4) is 11.3 Å². The number of hydrogen-bond acceptors (Lipinski definition) is 2. The average Bonchev–Trinajstić information content (AvgIpc) is 3.70. The van der Waals surface area contributed by atoms with Crippen LogP contribution in [0.15, 0.2) is 91.1 Å². The molecular formula is C37H50N2. The maximum Gasteiger partial charge on any atom is 0.0705 e. The predicted octanol–water partition coefficient (Wildman–Crippen LogP) is 11.6. The zero-order valence-corrected chi connectivity index (χ0v) is 26.0. The Bertz CT molecular complexity index is 1200. The van der Waals surface area contributed by atoms with E-state index in [4.69, 9.17) is 4.98 Å². The highest BCUT2D eigenvalue weighted by Crippen LogP contribution is 2.58. The molecule has 1 heterocycles. The molecule has 2 nitrogen and oxygen atoms in total. The summed E-state index contributed by atoms with van der Waals surface area (Å²) in [5.41, 5.74) is 9.95. The molecule has 1 saturated carbocycles. The summed E-state index contributed by atoms with van der Waals surface area (Å²) >= 11 is 0. The first-order valence-electron chi connectivity index (χ1n) is 15.0. The van der Waals surface area contributed by atoms with Crippen LogP contribution in [0, 0.1) is 19.8 Å². The first kappa shape index (κ1) is 31.8. The average molecular weight is 523 g/mol. The Morgan fingerprint density at radius 1 is 0.718 bits per heavy atom. The van der Waals surface area contributed by atoms with Crippen LogP contribution in [-0.2, 0) is 5.41 Å². The monoisotopic (exact) mass is 522 g/mol. The number of rotatable bonds is 6. The van der Waals surface area contributed by atoms with Gasteiger partial charge in [-0.2, -0.15) is 0 Å². The third-order valence-electron chi connectivity index (χ3n) is 7.31. The van der Waals surface area contributed by atoms with Gasteiger partial charge in [-0.25, -0.2) is 0 Å². The molecule has 1 aliphatic rings. The molecule has 1 aliphatic carbocycles. The van der Waals surface area contributed by atoms with Crippen LogP contribution in [0.1, 0.15) is 84.9 Å². The molecule has 0 amide bonds. The summed E-state index contributed by atoms with van der Waals surface area (Å²) < 4.78 is 0. The first-order chi connectivity index (χ1) is 19.0. The van der Waals surface area contributed by atoms with E-state index in [2.05, 4.69) is 111 Å². The minimum atomic E-state index is 0.235. The molecule has 0 saturated heterocycles. The fourth-order valence-electron chi connectivity index (χ4n) is 5.12. The van der Waals surface area contributed by atoms with Gasteiger partial charge in [0.1, 0.15) is 0 Å². The Balaban J connectivity index is 0.000000833. The Morgan fingerprint density at radius 3 is 1.67 bits per heavy atom. The van der Waals surface area contributed by atoms with E-state index in [1.807, 2.05) is 53.8 Å². The number of aromatic nitrogens is 1. The molecule has 3 aromatic carbocycles. The van der Waals surface area contributed by atoms with Crippen molar-refractivity contribution >= 4 is 17.1 Å². The minimum absolute atomic E-state index is 0.235. The highest BCUT2D eigenvalue weighted by Gasteiger charge is 2.50. The lowest BCUT2D eigenvalue weighted by molar-refractivity contribution is 0.643. The number of aryl methyl sites for hydroxylation is 2. The zero-order valence-electron chi connectivity index (χ0n) is 26.0. The maximum absolute atomic E-state index is 4.75. The highest BCUT2D eigenvalue weighted by molar-refractivity contribution is 5.81. The molecule has 2 heteroatoms. The quantitative estimate of drug-likeness (QED) is 0.250. The largest absolute Gasteiger partial charge is 0.310 e. The second-order valence-electron chi connectivity index (χ2n) is 9.68. The van der Waals surface area contributed by atoms with Crippen LogP contribution in [0.5, 0.6) is 0 Å². The van der Waals surface area contributed by atoms with Crippen LogP contribution in [-0.4, -0.2) is 4.98 Å². The van der Waals surface area contributed by atoms with Gasteiger partial charge in [0, 0.05) is 28.8 Å². The molecule has 0 spiro atoms. The lowest BCUT2D eigenvalue weighted by Gasteiger charge is -2.27. The van der Waals surface area contributed by atoms with E-state index in [0.717, 1.165) is 28.7 Å². The normalized spacial score (nSPS) is 16.8. The first-order valence-corrected chi connectivity index (χ1v) is 15.0. The number of benzene rings is 3. The summed E-state index contributed by atoms with van der Waals surface area (Å²) in [5.74, 6) is 0.746. The van der Waals surface area contributed by atoms with Gasteiger partial charge in [-0.05, 0) is 85.7 Å². The van der Waals surface area contributed by atoms with E-state index >= 15 is 0 Å². The molecule has 0 bridgehead atoms. The smallest absolute Gasteiger partial charge is 0.0705 e. The molecule has 1 fully saturated rings. The lowest BCUT2D eigenvalue weighted by atomic mass is 9.88. The van der Waals surface area contributed by atoms with Crippen molar-refractivity contribution in [1.82, 2.24) is 4.98 Å². The highest BCUT2D eigenvalue weighted by atomic mass is 15.1. The van der Waals surface area contributed by atoms with Gasteiger partial charge in [0.05, 0.1) is 5.69 Å². The summed E-state index contributed by atoms with van der Waals surface area (Å²) in [4.78, 5) is 7.10. The molecule has 2 unspecified atom stereocenters. The van der Waals surface area contributed by atoms with Crippen molar-refractivity contribution < 1.29 is 0 Å². The van der Waals surface area contributed by atoms with Crippen molar-refractivity contribution in [2.75, 3.05) is 4.90 Å². The summed E-state index contributed by atoms with van der Waals surface area (Å²) in [6, 6.07) is 30.8. The number of hydrogen-bond donors (Lipinski definition) is 0. The van der Waals surface area contributed by atoms with E-state index in [1.165, 1.54) is 35.1 Å². The van der Waals surface area contributed by atoms with E-state index < -0.39 is 0 Å². The second-order valence-corrected chi connectivity index (χ2v) is 9.68. The number of nitrogens with zero attached hydrogens (tertiary/aromatic N) is 2. The fraction of sp³-hybridized carbons (Fsp3) is 0.378. The second kappa shape index (κ2) is 15.3. The van der Waals surface area contributed by atoms with E-state index in [1.54, 1.807) is 0 Å². The maximum atomic E-state index is 4.75. The van der Waals surface area contributed by atoms with Gasteiger partial charge in [-0.1, -0.05) is 109 Å². The van der Waals surface area contributed by atoms with Gasteiger partial charge in [-0.15, -0.1) is 0 Å². The summed E-state index contributed by atoms with van der Waals surface area (Å²) in [6.45, 7) is 21.0. The van der Waals surface area contributed by atoms with Gasteiger partial charge >= 0.3 is 0 Å². The van der Waals surface area contributed by atoms with Crippen LogP contribution < -0.4 is 4.90 Å². The fourth-order valence-corrected chi connectivity index (χ4v) is 5.12. The topological polar surface area (TPSA) is 16.1 Å². The molecule has 0 radical (unpaired) electrons. The Morgan fingerprint density at radius 2 is 1.23 bits per heavy atom. The summed E-state index contributed by atoms with van der Waals surface area (Å²) in [6.07, 6.45) is 4.37. The predicted molar refractivity (Wildman–Crippen MR) is 174 cm³/mol. The van der Waals surface area contributed by atoms with Crippen molar-refractivity contribution in [2.24, 2.45) is 5.92 Å². The molecule has 0 N–H and O–H groups in total.